The summed E-state index contributed by atoms with van der Waals surface area (Å²) in [6.45, 7) is 3.64. The molecule has 2 aliphatic heterocycles. The number of amides is 2. The number of nitrogens with one attached hydrogen (secondary N) is 1. The summed E-state index contributed by atoms with van der Waals surface area (Å²) >= 11 is 11.9. The maximum Gasteiger partial charge on any atom is 0.257 e. The van der Waals surface area contributed by atoms with Crippen molar-refractivity contribution in [3.63, 3.8) is 0 Å². The highest BCUT2D eigenvalue weighted by atomic mass is 35.5. The van der Waals surface area contributed by atoms with Crippen LogP contribution in [0, 0.1) is 0 Å². The fraction of sp³-hybridized carbons (Fsp3) is 0.300. The molecule has 0 radical (unpaired) electrons. The van der Waals surface area contributed by atoms with Crippen LogP contribution in [0.5, 0.6) is 0 Å². The number of anilines is 2. The van der Waals surface area contributed by atoms with Crippen LogP contribution in [-0.2, 0) is 0 Å². The average Bonchev–Trinajstić information content (AvgIpc) is 3.15. The van der Waals surface area contributed by atoms with Crippen LogP contribution in [0.3, 0.4) is 0 Å². The fourth-order valence-corrected chi connectivity index (χ4v) is 4.17. The van der Waals surface area contributed by atoms with Gasteiger partial charge in [-0.2, -0.15) is 0 Å². The minimum Gasteiger partial charge on any atom is -0.351 e. The third kappa shape index (κ3) is 3.15. The van der Waals surface area contributed by atoms with Gasteiger partial charge in [-0.1, -0.05) is 23.2 Å². The number of hydrogen-bond donors (Lipinski definition) is 1. The van der Waals surface area contributed by atoms with E-state index in [1.54, 1.807) is 36.4 Å². The molecule has 0 aliphatic carbocycles. The minimum absolute atomic E-state index is 0.0497. The summed E-state index contributed by atoms with van der Waals surface area (Å²) in [5.74, 6) is -0.206. The number of carbonyl (C=O) groups is 2. The lowest BCUT2D eigenvalue weighted by molar-refractivity contribution is 0.0715. The van der Waals surface area contributed by atoms with Gasteiger partial charge in [0, 0.05) is 24.3 Å². The fourth-order valence-electron chi connectivity index (χ4n) is 3.87. The molecule has 1 saturated heterocycles. The first-order valence-electron chi connectivity index (χ1n) is 8.97. The Hall–Kier alpha value is -2.24. The molecule has 2 heterocycles. The number of fused-ring (bicyclic) bond motifs is 2. The summed E-state index contributed by atoms with van der Waals surface area (Å²) in [6, 6.07) is 10.2. The van der Waals surface area contributed by atoms with Crippen molar-refractivity contribution in [3.05, 3.63) is 57.6 Å². The number of hydrogen-bond acceptors (Lipinski definition) is 3. The summed E-state index contributed by atoms with van der Waals surface area (Å²) in [5.41, 5.74) is 2.54. The van der Waals surface area contributed by atoms with Crippen LogP contribution >= 0.6 is 23.2 Å². The second-order valence-corrected chi connectivity index (χ2v) is 7.54. The third-order valence-corrected chi connectivity index (χ3v) is 5.90. The molecule has 2 amide bonds. The zero-order chi connectivity index (χ0) is 19.1. The predicted molar refractivity (Wildman–Crippen MR) is 108 cm³/mol. The van der Waals surface area contributed by atoms with Gasteiger partial charge in [-0.25, -0.2) is 0 Å². The van der Waals surface area contributed by atoms with Crippen molar-refractivity contribution in [1.29, 1.82) is 0 Å². The van der Waals surface area contributed by atoms with Crippen LogP contribution in [0.15, 0.2) is 36.4 Å². The zero-order valence-electron chi connectivity index (χ0n) is 14.8. The molecule has 1 fully saturated rings. The van der Waals surface area contributed by atoms with Crippen LogP contribution in [0.4, 0.5) is 11.4 Å². The quantitative estimate of drug-likeness (QED) is 0.811. The number of benzene rings is 2. The molecule has 4 rings (SSSR count). The van der Waals surface area contributed by atoms with E-state index in [1.807, 2.05) is 4.90 Å². The van der Waals surface area contributed by atoms with Gasteiger partial charge >= 0.3 is 0 Å². The molecular weight excluding hydrogens is 385 g/mol. The van der Waals surface area contributed by atoms with E-state index in [9.17, 15) is 9.59 Å². The van der Waals surface area contributed by atoms with E-state index in [0.717, 1.165) is 31.6 Å². The normalized spacial score (nSPS) is 18.3. The average molecular weight is 404 g/mol. The van der Waals surface area contributed by atoms with E-state index in [1.165, 1.54) is 0 Å². The second kappa shape index (κ2) is 7.06. The van der Waals surface area contributed by atoms with Gasteiger partial charge in [-0.05, 0) is 56.2 Å². The van der Waals surface area contributed by atoms with E-state index < -0.39 is 0 Å². The molecule has 7 heteroatoms. The summed E-state index contributed by atoms with van der Waals surface area (Å²) in [4.78, 5) is 29.6. The van der Waals surface area contributed by atoms with E-state index >= 15 is 0 Å². The van der Waals surface area contributed by atoms with Gasteiger partial charge in [0.25, 0.3) is 11.8 Å². The number of rotatable bonds is 3. The molecule has 27 heavy (non-hydrogen) atoms. The van der Waals surface area contributed by atoms with Gasteiger partial charge in [0.1, 0.15) is 6.17 Å². The Morgan fingerprint density at radius 1 is 1.19 bits per heavy atom. The predicted octanol–water partition coefficient (Wildman–Crippen LogP) is 4.65. The Labute approximate surface area is 167 Å². The van der Waals surface area contributed by atoms with E-state index in [4.69, 9.17) is 23.2 Å². The van der Waals surface area contributed by atoms with Crippen molar-refractivity contribution >= 4 is 46.4 Å². The van der Waals surface area contributed by atoms with Crippen molar-refractivity contribution in [3.8, 4) is 0 Å². The van der Waals surface area contributed by atoms with Crippen molar-refractivity contribution in [2.24, 2.45) is 0 Å². The SMILES string of the molecule is CCN1c2cc(C(=O)Nc3ccc(Cl)c(Cl)c3)ccc2C(=O)N2CCCC21. The molecule has 5 nitrogen and oxygen atoms in total. The van der Waals surface area contributed by atoms with Gasteiger partial charge in [-0.15, -0.1) is 0 Å². The van der Waals surface area contributed by atoms with Crippen LogP contribution in [0.2, 0.25) is 10.0 Å². The maximum atomic E-state index is 12.8. The Morgan fingerprint density at radius 2 is 2.00 bits per heavy atom. The highest BCUT2D eigenvalue weighted by molar-refractivity contribution is 6.42. The Balaban J connectivity index is 1.65. The van der Waals surface area contributed by atoms with Gasteiger partial charge in [0.05, 0.1) is 21.3 Å². The molecule has 1 unspecified atom stereocenters. The lowest BCUT2D eigenvalue weighted by Crippen LogP contribution is -2.52. The number of halogens is 2. The molecule has 140 valence electrons. The van der Waals surface area contributed by atoms with Gasteiger partial charge in [0.2, 0.25) is 0 Å². The van der Waals surface area contributed by atoms with Crippen molar-refractivity contribution in [2.75, 3.05) is 23.3 Å². The molecule has 0 saturated carbocycles. The van der Waals surface area contributed by atoms with Crippen LogP contribution in [-0.4, -0.2) is 36.0 Å². The Kier molecular flexibility index (Phi) is 4.74. The van der Waals surface area contributed by atoms with Gasteiger partial charge < -0.3 is 15.1 Å². The number of carbonyl (C=O) groups excluding carboxylic acids is 2. The first-order chi connectivity index (χ1) is 13.0. The Morgan fingerprint density at radius 3 is 2.74 bits per heavy atom. The molecule has 1 atom stereocenters. The molecule has 2 aliphatic rings. The first-order valence-corrected chi connectivity index (χ1v) is 9.73. The third-order valence-electron chi connectivity index (χ3n) is 5.16. The topological polar surface area (TPSA) is 52.7 Å². The van der Waals surface area contributed by atoms with Crippen LogP contribution in [0.1, 0.15) is 40.5 Å². The molecule has 1 N–H and O–H groups in total. The molecule has 0 bridgehead atoms. The van der Waals surface area contributed by atoms with Crippen molar-refractivity contribution in [1.82, 2.24) is 4.90 Å². The standard InChI is InChI=1S/C20H19Cl2N3O2/c1-2-24-17-10-12(19(26)23-13-6-8-15(21)16(22)11-13)5-7-14(17)20(27)25-9-3-4-18(24)25/h5-8,10-11,18H,2-4,9H2,1H3,(H,23,26). The monoisotopic (exact) mass is 403 g/mol. The summed E-state index contributed by atoms with van der Waals surface area (Å²) in [6.07, 6.45) is 2.05. The lowest BCUT2D eigenvalue weighted by Gasteiger charge is -2.41. The smallest absolute Gasteiger partial charge is 0.257 e. The molecule has 2 aromatic carbocycles. The lowest BCUT2D eigenvalue weighted by atomic mass is 10.0. The van der Waals surface area contributed by atoms with E-state index in [-0.39, 0.29) is 18.0 Å². The first kappa shape index (κ1) is 18.1. The van der Waals surface area contributed by atoms with E-state index in [0.29, 0.717) is 26.9 Å². The summed E-state index contributed by atoms with van der Waals surface area (Å²) < 4.78 is 0. The van der Waals surface area contributed by atoms with Crippen LogP contribution < -0.4 is 10.2 Å². The molecular formula is C20H19Cl2N3O2. The maximum absolute atomic E-state index is 12.8. The summed E-state index contributed by atoms with van der Waals surface area (Å²) in [5, 5.41) is 3.64. The van der Waals surface area contributed by atoms with Crippen LogP contribution in [0.25, 0.3) is 0 Å². The van der Waals surface area contributed by atoms with Crippen molar-refractivity contribution in [2.45, 2.75) is 25.9 Å². The molecule has 0 spiro atoms. The van der Waals surface area contributed by atoms with E-state index in [2.05, 4.69) is 17.1 Å². The highest BCUT2D eigenvalue weighted by Crippen LogP contribution is 2.36. The highest BCUT2D eigenvalue weighted by Gasteiger charge is 2.39. The van der Waals surface area contributed by atoms with Gasteiger partial charge in [0.15, 0.2) is 0 Å². The molecule has 2 aromatic rings. The van der Waals surface area contributed by atoms with Crippen molar-refractivity contribution < 1.29 is 9.59 Å². The van der Waals surface area contributed by atoms with Gasteiger partial charge in [-0.3, -0.25) is 9.59 Å². The minimum atomic E-state index is -0.256. The second-order valence-electron chi connectivity index (χ2n) is 6.72. The molecule has 0 aromatic heterocycles. The zero-order valence-corrected chi connectivity index (χ0v) is 16.3. The largest absolute Gasteiger partial charge is 0.351 e. The number of nitrogens with zero attached hydrogens (tertiary/aromatic N) is 2. The Bertz CT molecular complexity index is 931. The summed E-state index contributed by atoms with van der Waals surface area (Å²) in [7, 11) is 0.